The van der Waals surface area contributed by atoms with Crippen molar-refractivity contribution in [3.63, 3.8) is 0 Å². The molecule has 2 fully saturated rings. The van der Waals surface area contributed by atoms with E-state index in [9.17, 15) is 0 Å². The van der Waals surface area contributed by atoms with Crippen LogP contribution < -0.4 is 5.32 Å². The minimum Gasteiger partial charge on any atom is -0.311 e. The molecule has 0 aromatic carbocycles. The average molecular weight is 278 g/mol. The summed E-state index contributed by atoms with van der Waals surface area (Å²) in [5.41, 5.74) is 0. The molecule has 0 bridgehead atoms. The quantitative estimate of drug-likeness (QED) is 0.888. The normalized spacial score (nSPS) is 29.0. The predicted molar refractivity (Wildman–Crippen MR) is 82.5 cm³/mol. The molecule has 0 amide bonds. The van der Waals surface area contributed by atoms with Crippen LogP contribution in [0.3, 0.4) is 0 Å². The van der Waals surface area contributed by atoms with Crippen LogP contribution in [0.25, 0.3) is 0 Å². The van der Waals surface area contributed by atoms with E-state index in [1.807, 2.05) is 11.3 Å². The van der Waals surface area contributed by atoms with Gasteiger partial charge in [-0.3, -0.25) is 4.90 Å². The molecule has 1 aromatic rings. The fraction of sp³-hybridized carbons (Fsp3) is 0.750. The molecule has 0 spiro atoms. The maximum absolute atomic E-state index is 3.81. The van der Waals surface area contributed by atoms with Crippen LogP contribution in [-0.4, -0.2) is 30.1 Å². The lowest BCUT2D eigenvalue weighted by molar-refractivity contribution is 0.101. The summed E-state index contributed by atoms with van der Waals surface area (Å²) in [4.78, 5) is 4.26. The summed E-state index contributed by atoms with van der Waals surface area (Å²) in [6, 6.07) is 5.93. The Balaban J connectivity index is 1.65. The van der Waals surface area contributed by atoms with Crippen LogP contribution in [0.1, 0.15) is 38.0 Å². The summed E-state index contributed by atoms with van der Waals surface area (Å²) in [7, 11) is 0. The molecule has 1 aliphatic carbocycles. The fourth-order valence-electron chi connectivity index (χ4n) is 3.27. The van der Waals surface area contributed by atoms with E-state index in [-0.39, 0.29) is 0 Å². The number of hydrogen-bond donors (Lipinski definition) is 1. The topological polar surface area (TPSA) is 15.3 Å². The predicted octanol–water partition coefficient (Wildman–Crippen LogP) is 3.35. The van der Waals surface area contributed by atoms with Crippen molar-refractivity contribution in [2.75, 3.05) is 13.1 Å². The van der Waals surface area contributed by atoms with E-state index in [2.05, 4.69) is 41.6 Å². The van der Waals surface area contributed by atoms with Gasteiger partial charge in [-0.05, 0) is 42.5 Å². The maximum atomic E-state index is 3.81. The first kappa shape index (κ1) is 13.6. The molecule has 1 N–H and O–H groups in total. The molecule has 1 saturated carbocycles. The summed E-state index contributed by atoms with van der Waals surface area (Å²) in [6.07, 6.45) is 4.20. The van der Waals surface area contributed by atoms with Gasteiger partial charge < -0.3 is 5.32 Å². The second-order valence-electron chi connectivity index (χ2n) is 6.64. The minimum absolute atomic E-state index is 0.720. The van der Waals surface area contributed by atoms with Crippen LogP contribution in [0, 0.1) is 11.8 Å². The SMILES string of the molecule is CC(C)CC1CNC(C2CC2)CN1Cc1cccs1. The Labute approximate surface area is 121 Å². The molecular weight excluding hydrogens is 252 g/mol. The molecule has 2 unspecified atom stereocenters. The van der Waals surface area contributed by atoms with Gasteiger partial charge in [0.2, 0.25) is 0 Å². The first-order valence-corrected chi connectivity index (χ1v) is 8.60. The Morgan fingerprint density at radius 3 is 2.89 bits per heavy atom. The third kappa shape index (κ3) is 3.59. The summed E-state index contributed by atoms with van der Waals surface area (Å²) in [5, 5.41) is 6.01. The van der Waals surface area contributed by atoms with E-state index in [1.54, 1.807) is 0 Å². The van der Waals surface area contributed by atoms with Crippen LogP contribution >= 0.6 is 11.3 Å². The lowest BCUT2D eigenvalue weighted by Crippen LogP contribution is -2.57. The number of piperazine rings is 1. The van der Waals surface area contributed by atoms with Crippen molar-refractivity contribution < 1.29 is 0 Å². The van der Waals surface area contributed by atoms with Crippen LogP contribution in [0.4, 0.5) is 0 Å². The van der Waals surface area contributed by atoms with Gasteiger partial charge in [0.15, 0.2) is 0 Å². The highest BCUT2D eigenvalue weighted by Gasteiger charge is 2.37. The summed E-state index contributed by atoms with van der Waals surface area (Å²) >= 11 is 1.90. The monoisotopic (exact) mass is 278 g/mol. The van der Waals surface area contributed by atoms with Crippen molar-refractivity contribution in [3.05, 3.63) is 22.4 Å². The lowest BCUT2D eigenvalue weighted by atomic mass is 9.97. The average Bonchev–Trinajstić information content (AvgIpc) is 3.10. The molecule has 1 aromatic heterocycles. The molecule has 0 radical (unpaired) electrons. The second-order valence-corrected chi connectivity index (χ2v) is 7.68. The molecule has 2 nitrogen and oxygen atoms in total. The molecule has 1 saturated heterocycles. The molecule has 1 aliphatic heterocycles. The molecule has 2 atom stereocenters. The van der Waals surface area contributed by atoms with Crippen molar-refractivity contribution in [3.8, 4) is 0 Å². The first-order valence-electron chi connectivity index (χ1n) is 7.72. The van der Waals surface area contributed by atoms with Gasteiger partial charge in [-0.2, -0.15) is 0 Å². The third-order valence-corrected chi connectivity index (χ3v) is 5.30. The number of thiophene rings is 1. The van der Waals surface area contributed by atoms with Crippen molar-refractivity contribution in [2.24, 2.45) is 11.8 Å². The zero-order chi connectivity index (χ0) is 13.2. The van der Waals surface area contributed by atoms with E-state index in [1.165, 1.54) is 37.2 Å². The van der Waals surface area contributed by atoms with Crippen molar-refractivity contribution >= 4 is 11.3 Å². The Morgan fingerprint density at radius 2 is 2.26 bits per heavy atom. The molecule has 2 aliphatic rings. The van der Waals surface area contributed by atoms with Gasteiger partial charge in [0.25, 0.3) is 0 Å². The first-order chi connectivity index (χ1) is 9.22. The Hall–Kier alpha value is -0.380. The Kier molecular flexibility index (Phi) is 4.25. The summed E-state index contributed by atoms with van der Waals surface area (Å²) < 4.78 is 0. The maximum Gasteiger partial charge on any atom is 0.0332 e. The van der Waals surface area contributed by atoms with Gasteiger partial charge in [0.1, 0.15) is 0 Å². The molecule has 3 heteroatoms. The van der Waals surface area contributed by atoms with Crippen LogP contribution in [0.5, 0.6) is 0 Å². The van der Waals surface area contributed by atoms with E-state index >= 15 is 0 Å². The molecule has 2 heterocycles. The lowest BCUT2D eigenvalue weighted by Gasteiger charge is -2.41. The van der Waals surface area contributed by atoms with Gasteiger partial charge in [0, 0.05) is 36.6 Å². The number of hydrogen-bond acceptors (Lipinski definition) is 3. The van der Waals surface area contributed by atoms with Crippen LogP contribution in [-0.2, 0) is 6.54 Å². The third-order valence-electron chi connectivity index (χ3n) is 4.44. The van der Waals surface area contributed by atoms with Gasteiger partial charge in [0.05, 0.1) is 0 Å². The molecule has 19 heavy (non-hydrogen) atoms. The number of rotatable bonds is 5. The van der Waals surface area contributed by atoms with Gasteiger partial charge in [-0.15, -0.1) is 11.3 Å². The molecule has 3 rings (SSSR count). The highest BCUT2D eigenvalue weighted by Crippen LogP contribution is 2.35. The standard InChI is InChI=1S/C16H26N2S/c1-12(2)8-14-9-17-16(13-5-6-13)11-18(14)10-15-4-3-7-19-15/h3-4,7,12-14,16-17H,5-6,8-11H2,1-2H3. The number of nitrogens with zero attached hydrogens (tertiary/aromatic N) is 1. The van der Waals surface area contributed by atoms with Crippen molar-refractivity contribution in [1.82, 2.24) is 10.2 Å². The Morgan fingerprint density at radius 1 is 1.42 bits per heavy atom. The van der Waals surface area contributed by atoms with E-state index in [0.717, 1.165) is 30.5 Å². The van der Waals surface area contributed by atoms with Gasteiger partial charge in [-0.25, -0.2) is 0 Å². The zero-order valence-electron chi connectivity index (χ0n) is 12.1. The van der Waals surface area contributed by atoms with Crippen molar-refractivity contribution in [2.45, 2.75) is 51.7 Å². The zero-order valence-corrected chi connectivity index (χ0v) is 13.0. The highest BCUT2D eigenvalue weighted by molar-refractivity contribution is 7.09. The van der Waals surface area contributed by atoms with E-state index in [4.69, 9.17) is 0 Å². The fourth-order valence-corrected chi connectivity index (χ4v) is 4.00. The highest BCUT2D eigenvalue weighted by atomic mass is 32.1. The largest absolute Gasteiger partial charge is 0.311 e. The molecule has 106 valence electrons. The minimum atomic E-state index is 0.720. The van der Waals surface area contributed by atoms with E-state index < -0.39 is 0 Å². The van der Waals surface area contributed by atoms with Gasteiger partial charge >= 0.3 is 0 Å². The van der Waals surface area contributed by atoms with Crippen molar-refractivity contribution in [1.29, 1.82) is 0 Å². The Bertz CT molecular complexity index is 383. The summed E-state index contributed by atoms with van der Waals surface area (Å²) in [5.74, 6) is 1.75. The number of nitrogens with one attached hydrogen (secondary N) is 1. The second kappa shape index (κ2) is 5.94. The summed E-state index contributed by atoms with van der Waals surface area (Å²) in [6.45, 7) is 8.28. The van der Waals surface area contributed by atoms with Crippen LogP contribution in [0.15, 0.2) is 17.5 Å². The van der Waals surface area contributed by atoms with E-state index in [0.29, 0.717) is 0 Å². The van der Waals surface area contributed by atoms with Crippen LogP contribution in [0.2, 0.25) is 0 Å². The smallest absolute Gasteiger partial charge is 0.0332 e. The van der Waals surface area contributed by atoms with Gasteiger partial charge in [-0.1, -0.05) is 19.9 Å². The molecular formula is C16H26N2S.